The number of rotatable bonds is 4. The highest BCUT2D eigenvalue weighted by atomic mass is 32.2. The van der Waals surface area contributed by atoms with Crippen LogP contribution in [-0.2, 0) is 19.6 Å². The zero-order valence-electron chi connectivity index (χ0n) is 11.8. The van der Waals surface area contributed by atoms with Crippen molar-refractivity contribution in [2.75, 3.05) is 6.54 Å². The summed E-state index contributed by atoms with van der Waals surface area (Å²) in [6.45, 7) is 3.02. The number of hydrogen-bond acceptors (Lipinski definition) is 4. The van der Waals surface area contributed by atoms with E-state index in [0.29, 0.717) is 16.3 Å². The number of benzene rings is 1. The summed E-state index contributed by atoms with van der Waals surface area (Å²) in [7, 11) is -4.01. The molecule has 0 radical (unpaired) electrons. The van der Waals surface area contributed by atoms with Gasteiger partial charge in [0.05, 0.1) is 23.3 Å². The van der Waals surface area contributed by atoms with Gasteiger partial charge in [-0.25, -0.2) is 12.7 Å². The molecule has 7 heteroatoms. The highest BCUT2D eigenvalue weighted by Crippen LogP contribution is 2.32. The summed E-state index contributed by atoms with van der Waals surface area (Å²) in [5.41, 5.74) is 0.525. The van der Waals surface area contributed by atoms with Crippen LogP contribution in [0.4, 0.5) is 0 Å². The van der Waals surface area contributed by atoms with E-state index in [1.165, 1.54) is 6.07 Å². The smallest absolute Gasteiger partial charge is 0.309 e. The van der Waals surface area contributed by atoms with Crippen LogP contribution in [0.25, 0.3) is 0 Å². The average molecular weight is 311 g/mol. The molecule has 0 aromatic heterocycles. The Kier molecular flexibility index (Phi) is 4.04. The van der Waals surface area contributed by atoms with E-state index < -0.39 is 33.7 Å². The molecule has 1 aliphatic rings. The Balaban J connectivity index is 2.45. The fourth-order valence-electron chi connectivity index (χ4n) is 2.64. The van der Waals surface area contributed by atoms with Gasteiger partial charge < -0.3 is 5.11 Å². The molecule has 2 rings (SSSR count). The maximum atomic E-state index is 12.6. The maximum absolute atomic E-state index is 12.6. The Hall–Kier alpha value is -1.89. The van der Waals surface area contributed by atoms with Crippen molar-refractivity contribution in [2.45, 2.75) is 25.2 Å². The third-order valence-electron chi connectivity index (χ3n) is 3.83. The van der Waals surface area contributed by atoms with Crippen LogP contribution < -0.4 is 0 Å². The molecule has 114 valence electrons. The van der Waals surface area contributed by atoms with Gasteiger partial charge in [0.2, 0.25) is 5.91 Å². The third-order valence-corrected chi connectivity index (χ3v) is 5.75. The average Bonchev–Trinajstić information content (AvgIpc) is 2.76. The lowest BCUT2D eigenvalue weighted by molar-refractivity contribution is -0.144. The first-order valence-corrected chi connectivity index (χ1v) is 8.09. The molecule has 1 aromatic carbocycles. The number of carbonyl (C=O) groups excluding carboxylic acids is 1. The standard InChI is InChI=1S/C14H17NO5S/c1-3-10-11(14(17)18)8-15(13(10)16)21(19,20)12-7-5-4-6-9(12)2/h4-7,10-11H,3,8H2,1-2H3,(H,17,18)/t10-,11+/m1/s1. The Morgan fingerprint density at radius 2 is 2.00 bits per heavy atom. The minimum absolute atomic E-state index is 0.0410. The first-order valence-electron chi connectivity index (χ1n) is 6.65. The van der Waals surface area contributed by atoms with Gasteiger partial charge in [-0.1, -0.05) is 25.1 Å². The van der Waals surface area contributed by atoms with Crippen molar-refractivity contribution >= 4 is 21.9 Å². The van der Waals surface area contributed by atoms with Crippen LogP contribution in [0.5, 0.6) is 0 Å². The van der Waals surface area contributed by atoms with Crippen LogP contribution in [0.15, 0.2) is 29.2 Å². The van der Waals surface area contributed by atoms with Gasteiger partial charge in [-0.2, -0.15) is 0 Å². The van der Waals surface area contributed by atoms with E-state index in [4.69, 9.17) is 5.11 Å². The van der Waals surface area contributed by atoms with Gasteiger partial charge in [-0.3, -0.25) is 9.59 Å². The second-order valence-electron chi connectivity index (χ2n) is 5.10. The SMILES string of the molecule is CC[C@H]1C(=O)N(S(=O)(=O)c2ccccc2C)C[C@@H]1C(=O)O. The van der Waals surface area contributed by atoms with E-state index in [1.54, 1.807) is 32.0 Å². The molecule has 1 saturated heterocycles. The molecule has 0 unspecified atom stereocenters. The van der Waals surface area contributed by atoms with Gasteiger partial charge in [-0.05, 0) is 25.0 Å². The van der Waals surface area contributed by atoms with Crippen molar-refractivity contribution in [1.29, 1.82) is 0 Å². The van der Waals surface area contributed by atoms with E-state index >= 15 is 0 Å². The number of sulfonamides is 1. The van der Waals surface area contributed by atoms with Crippen LogP contribution in [-0.4, -0.2) is 36.3 Å². The zero-order chi connectivity index (χ0) is 15.8. The highest BCUT2D eigenvalue weighted by Gasteiger charge is 2.48. The summed E-state index contributed by atoms with van der Waals surface area (Å²) < 4.78 is 25.9. The van der Waals surface area contributed by atoms with Crippen molar-refractivity contribution in [1.82, 2.24) is 4.31 Å². The lowest BCUT2D eigenvalue weighted by Crippen LogP contribution is -2.34. The summed E-state index contributed by atoms with van der Waals surface area (Å²) in [5, 5.41) is 9.17. The highest BCUT2D eigenvalue weighted by molar-refractivity contribution is 7.89. The minimum Gasteiger partial charge on any atom is -0.481 e. The van der Waals surface area contributed by atoms with E-state index in [0.717, 1.165) is 0 Å². The summed E-state index contributed by atoms with van der Waals surface area (Å²) >= 11 is 0. The number of aliphatic carboxylic acids is 1. The Bertz CT molecular complexity index is 682. The lowest BCUT2D eigenvalue weighted by Gasteiger charge is -2.18. The van der Waals surface area contributed by atoms with Crippen LogP contribution in [0.1, 0.15) is 18.9 Å². The predicted molar refractivity (Wildman–Crippen MR) is 75.0 cm³/mol. The van der Waals surface area contributed by atoms with Crippen LogP contribution >= 0.6 is 0 Å². The number of hydrogen-bond donors (Lipinski definition) is 1. The fraction of sp³-hybridized carbons (Fsp3) is 0.429. The van der Waals surface area contributed by atoms with Gasteiger partial charge in [0.1, 0.15) is 0 Å². The number of carboxylic acid groups (broad SMARTS) is 1. The molecule has 0 bridgehead atoms. The molecule has 0 saturated carbocycles. The molecule has 0 spiro atoms. The lowest BCUT2D eigenvalue weighted by atomic mass is 9.93. The summed E-state index contributed by atoms with van der Waals surface area (Å²) in [6, 6.07) is 6.34. The Morgan fingerprint density at radius 1 is 1.38 bits per heavy atom. The number of carboxylic acids is 1. The van der Waals surface area contributed by atoms with Gasteiger partial charge >= 0.3 is 5.97 Å². The van der Waals surface area contributed by atoms with E-state index in [1.807, 2.05) is 0 Å². The second kappa shape index (κ2) is 5.48. The van der Waals surface area contributed by atoms with Gasteiger partial charge in [0.25, 0.3) is 10.0 Å². The number of aryl methyl sites for hydroxylation is 1. The molecule has 0 aliphatic carbocycles. The second-order valence-corrected chi connectivity index (χ2v) is 6.93. The molecule has 1 aliphatic heterocycles. The normalized spacial score (nSPS) is 22.6. The summed E-state index contributed by atoms with van der Waals surface area (Å²) in [6.07, 6.45) is 0.301. The predicted octanol–water partition coefficient (Wildman–Crippen LogP) is 1.25. The largest absolute Gasteiger partial charge is 0.481 e. The van der Waals surface area contributed by atoms with Gasteiger partial charge in [-0.15, -0.1) is 0 Å². The summed E-state index contributed by atoms with van der Waals surface area (Å²) in [5.74, 6) is -3.55. The van der Waals surface area contributed by atoms with Crippen LogP contribution in [0.3, 0.4) is 0 Å². The van der Waals surface area contributed by atoms with Gasteiger partial charge in [0.15, 0.2) is 0 Å². The molecular weight excluding hydrogens is 294 g/mol. The number of carbonyl (C=O) groups is 2. The molecule has 1 aromatic rings. The van der Waals surface area contributed by atoms with Crippen molar-refractivity contribution in [3.05, 3.63) is 29.8 Å². The Labute approximate surface area is 123 Å². The molecule has 1 fully saturated rings. The third kappa shape index (κ3) is 2.53. The van der Waals surface area contributed by atoms with Crippen molar-refractivity contribution < 1.29 is 23.1 Å². The molecule has 1 heterocycles. The molecular formula is C14H17NO5S. The van der Waals surface area contributed by atoms with Crippen molar-refractivity contribution in [3.63, 3.8) is 0 Å². The van der Waals surface area contributed by atoms with E-state index in [-0.39, 0.29) is 11.4 Å². The molecule has 1 N–H and O–H groups in total. The van der Waals surface area contributed by atoms with Gasteiger partial charge in [0, 0.05) is 0 Å². The van der Waals surface area contributed by atoms with Crippen molar-refractivity contribution in [3.8, 4) is 0 Å². The maximum Gasteiger partial charge on any atom is 0.309 e. The molecule has 21 heavy (non-hydrogen) atoms. The quantitative estimate of drug-likeness (QED) is 0.903. The monoisotopic (exact) mass is 311 g/mol. The first-order chi connectivity index (χ1) is 9.80. The Morgan fingerprint density at radius 3 is 2.48 bits per heavy atom. The van der Waals surface area contributed by atoms with Crippen LogP contribution in [0.2, 0.25) is 0 Å². The number of nitrogens with zero attached hydrogens (tertiary/aromatic N) is 1. The zero-order valence-corrected chi connectivity index (χ0v) is 12.6. The van der Waals surface area contributed by atoms with Crippen LogP contribution in [0, 0.1) is 18.8 Å². The molecule has 2 atom stereocenters. The summed E-state index contributed by atoms with van der Waals surface area (Å²) in [4.78, 5) is 23.5. The molecule has 6 nitrogen and oxygen atoms in total. The fourth-order valence-corrected chi connectivity index (χ4v) is 4.34. The van der Waals surface area contributed by atoms with E-state index in [9.17, 15) is 18.0 Å². The number of amides is 1. The molecule has 1 amide bonds. The van der Waals surface area contributed by atoms with Crippen molar-refractivity contribution in [2.24, 2.45) is 11.8 Å². The minimum atomic E-state index is -4.01. The first kappa shape index (κ1) is 15.5. The topological polar surface area (TPSA) is 91.8 Å². The van der Waals surface area contributed by atoms with E-state index in [2.05, 4.69) is 0 Å².